The third-order valence-electron chi connectivity index (χ3n) is 7.65. The molecule has 1 saturated carbocycles. The lowest BCUT2D eigenvalue weighted by molar-refractivity contribution is 0.0418. The van der Waals surface area contributed by atoms with E-state index in [0.717, 1.165) is 70.8 Å². The number of carbonyl (C=O) groups is 1. The lowest BCUT2D eigenvalue weighted by Crippen LogP contribution is -2.51. The predicted octanol–water partition coefficient (Wildman–Crippen LogP) is 5.05. The predicted molar refractivity (Wildman–Crippen MR) is 125 cm³/mol. The second-order valence-corrected chi connectivity index (χ2v) is 10.5. The van der Waals surface area contributed by atoms with Crippen LogP contribution >= 0.6 is 0 Å². The van der Waals surface area contributed by atoms with E-state index in [9.17, 15) is 4.79 Å². The standard InChI is InChI=1S/C26H41N3O2/c1-21(2)20-31-24-10-6-3-7-22(24)19-28-15-11-26(12-16-28)13-17-29(18-14-26)25(30)27-23-8-4-5-9-23/h3,6-7,10,21,23H,4-5,8-9,11-20H2,1-2H3,(H,27,30). The van der Waals surface area contributed by atoms with Gasteiger partial charge in [-0.1, -0.05) is 44.9 Å². The van der Waals surface area contributed by atoms with Crippen LogP contribution in [0, 0.1) is 11.3 Å². The fraction of sp³-hybridized carbons (Fsp3) is 0.731. The number of nitrogens with one attached hydrogen (secondary N) is 1. The van der Waals surface area contributed by atoms with Crippen molar-refractivity contribution in [1.82, 2.24) is 15.1 Å². The highest BCUT2D eigenvalue weighted by Crippen LogP contribution is 2.41. The van der Waals surface area contributed by atoms with Crippen LogP contribution in [0.1, 0.15) is 70.8 Å². The number of hydrogen-bond acceptors (Lipinski definition) is 3. The first-order valence-electron chi connectivity index (χ1n) is 12.5. The molecule has 0 radical (unpaired) electrons. The Kier molecular flexibility index (Phi) is 7.42. The zero-order valence-corrected chi connectivity index (χ0v) is 19.6. The summed E-state index contributed by atoms with van der Waals surface area (Å²) in [6.45, 7) is 10.3. The molecule has 1 spiro atoms. The molecule has 1 aliphatic carbocycles. The van der Waals surface area contributed by atoms with Gasteiger partial charge in [0.25, 0.3) is 0 Å². The molecule has 172 valence electrons. The summed E-state index contributed by atoms with van der Waals surface area (Å²) in [4.78, 5) is 17.3. The Hall–Kier alpha value is -1.75. The van der Waals surface area contributed by atoms with Crippen LogP contribution in [0.4, 0.5) is 4.79 Å². The number of hydrogen-bond donors (Lipinski definition) is 1. The van der Waals surface area contributed by atoms with Gasteiger partial charge in [-0.15, -0.1) is 0 Å². The molecule has 3 aliphatic rings. The van der Waals surface area contributed by atoms with Crippen molar-refractivity contribution in [3.8, 4) is 5.75 Å². The number of piperidine rings is 2. The second kappa shape index (κ2) is 10.2. The highest BCUT2D eigenvalue weighted by molar-refractivity contribution is 5.74. The molecule has 1 aromatic rings. The van der Waals surface area contributed by atoms with Crippen LogP contribution in [0.15, 0.2) is 24.3 Å². The van der Waals surface area contributed by atoms with Crippen molar-refractivity contribution in [2.75, 3.05) is 32.8 Å². The average molecular weight is 428 g/mol. The van der Waals surface area contributed by atoms with Crippen molar-refractivity contribution in [1.29, 1.82) is 0 Å². The number of carbonyl (C=O) groups excluding carboxylic acids is 1. The molecule has 5 nitrogen and oxygen atoms in total. The van der Waals surface area contributed by atoms with E-state index < -0.39 is 0 Å². The lowest BCUT2D eigenvalue weighted by atomic mass is 9.71. The maximum Gasteiger partial charge on any atom is 0.317 e. The highest BCUT2D eigenvalue weighted by atomic mass is 16.5. The number of para-hydroxylation sites is 1. The summed E-state index contributed by atoms with van der Waals surface area (Å²) in [5.74, 6) is 1.58. The number of likely N-dealkylation sites (tertiary alicyclic amines) is 2. The van der Waals surface area contributed by atoms with Gasteiger partial charge in [0, 0.05) is 31.2 Å². The van der Waals surface area contributed by atoms with Gasteiger partial charge in [-0.3, -0.25) is 4.90 Å². The third-order valence-corrected chi connectivity index (χ3v) is 7.65. The van der Waals surface area contributed by atoms with Crippen LogP contribution in [0.3, 0.4) is 0 Å². The number of nitrogens with zero attached hydrogens (tertiary/aromatic N) is 2. The van der Waals surface area contributed by atoms with Gasteiger partial charge in [0.05, 0.1) is 6.61 Å². The molecule has 0 bridgehead atoms. The van der Waals surface area contributed by atoms with E-state index >= 15 is 0 Å². The van der Waals surface area contributed by atoms with Gasteiger partial charge in [0.15, 0.2) is 0 Å². The Morgan fingerprint density at radius 2 is 1.71 bits per heavy atom. The van der Waals surface area contributed by atoms with Crippen molar-refractivity contribution in [2.45, 2.75) is 77.8 Å². The number of ether oxygens (including phenoxy) is 1. The number of rotatable bonds is 6. The minimum atomic E-state index is 0.178. The van der Waals surface area contributed by atoms with Crippen molar-refractivity contribution in [3.05, 3.63) is 29.8 Å². The fourth-order valence-electron chi connectivity index (χ4n) is 5.48. The van der Waals surface area contributed by atoms with E-state index in [2.05, 4.69) is 53.2 Å². The molecule has 31 heavy (non-hydrogen) atoms. The first kappa shape index (κ1) is 22.4. The highest BCUT2D eigenvalue weighted by Gasteiger charge is 2.38. The van der Waals surface area contributed by atoms with E-state index in [1.54, 1.807) is 0 Å². The summed E-state index contributed by atoms with van der Waals surface area (Å²) in [7, 11) is 0. The second-order valence-electron chi connectivity index (χ2n) is 10.5. The van der Waals surface area contributed by atoms with Crippen molar-refractivity contribution in [3.63, 3.8) is 0 Å². The van der Waals surface area contributed by atoms with Crippen LogP contribution in [-0.2, 0) is 6.54 Å². The van der Waals surface area contributed by atoms with Crippen molar-refractivity contribution < 1.29 is 9.53 Å². The van der Waals surface area contributed by atoms with Gasteiger partial charge in [-0.05, 0) is 69.0 Å². The molecule has 2 amide bonds. The first-order valence-corrected chi connectivity index (χ1v) is 12.5. The SMILES string of the molecule is CC(C)COc1ccccc1CN1CCC2(CC1)CCN(C(=O)NC1CCCC1)CC2. The van der Waals surface area contributed by atoms with Gasteiger partial charge in [0.1, 0.15) is 5.75 Å². The minimum Gasteiger partial charge on any atom is -0.493 e. The smallest absolute Gasteiger partial charge is 0.317 e. The van der Waals surface area contributed by atoms with Gasteiger partial charge in [-0.25, -0.2) is 4.79 Å². The van der Waals surface area contributed by atoms with Crippen LogP contribution in [0.5, 0.6) is 5.75 Å². The van der Waals surface area contributed by atoms with Gasteiger partial charge < -0.3 is 15.0 Å². The topological polar surface area (TPSA) is 44.8 Å². The monoisotopic (exact) mass is 427 g/mol. The zero-order valence-electron chi connectivity index (χ0n) is 19.6. The fourth-order valence-corrected chi connectivity index (χ4v) is 5.48. The van der Waals surface area contributed by atoms with Crippen LogP contribution in [0.2, 0.25) is 0 Å². The lowest BCUT2D eigenvalue weighted by Gasteiger charge is -2.47. The molecule has 0 unspecified atom stereocenters. The molecule has 4 rings (SSSR count). The summed E-state index contributed by atoms with van der Waals surface area (Å²) in [5, 5.41) is 3.26. The van der Waals surface area contributed by atoms with Crippen LogP contribution < -0.4 is 10.1 Å². The number of urea groups is 1. The average Bonchev–Trinajstić information content (AvgIpc) is 3.28. The number of benzene rings is 1. The molecule has 0 atom stereocenters. The summed E-state index contributed by atoms with van der Waals surface area (Å²) in [6, 6.07) is 9.10. The summed E-state index contributed by atoms with van der Waals surface area (Å²) >= 11 is 0. The van der Waals surface area contributed by atoms with E-state index in [0.29, 0.717) is 17.4 Å². The minimum absolute atomic E-state index is 0.178. The van der Waals surface area contributed by atoms with Crippen LogP contribution in [-0.4, -0.2) is 54.7 Å². The first-order chi connectivity index (χ1) is 15.0. The van der Waals surface area contributed by atoms with E-state index in [1.807, 2.05) is 0 Å². The third kappa shape index (κ3) is 5.94. The van der Waals surface area contributed by atoms with E-state index in [1.165, 1.54) is 31.2 Å². The number of amides is 2. The molecule has 3 fully saturated rings. The van der Waals surface area contributed by atoms with Gasteiger partial charge in [-0.2, -0.15) is 0 Å². The molecule has 5 heteroatoms. The van der Waals surface area contributed by atoms with E-state index in [4.69, 9.17) is 4.74 Å². The van der Waals surface area contributed by atoms with Crippen molar-refractivity contribution in [2.24, 2.45) is 11.3 Å². The zero-order chi connectivity index (χ0) is 21.7. The molecule has 2 heterocycles. The Bertz CT molecular complexity index is 711. The molecule has 1 N–H and O–H groups in total. The molecule has 1 aromatic carbocycles. The Labute approximate surface area is 188 Å². The van der Waals surface area contributed by atoms with Crippen molar-refractivity contribution >= 4 is 6.03 Å². The Morgan fingerprint density at radius 3 is 2.39 bits per heavy atom. The molecule has 0 aromatic heterocycles. The molecular formula is C26H41N3O2. The maximum absolute atomic E-state index is 12.6. The molecular weight excluding hydrogens is 386 g/mol. The Morgan fingerprint density at radius 1 is 1.06 bits per heavy atom. The van der Waals surface area contributed by atoms with E-state index in [-0.39, 0.29) is 6.03 Å². The molecule has 2 saturated heterocycles. The summed E-state index contributed by atoms with van der Waals surface area (Å²) < 4.78 is 6.06. The Balaban J connectivity index is 1.23. The summed E-state index contributed by atoms with van der Waals surface area (Å²) in [6.07, 6.45) is 9.66. The largest absolute Gasteiger partial charge is 0.493 e. The quantitative estimate of drug-likeness (QED) is 0.691. The molecule has 2 aliphatic heterocycles. The summed E-state index contributed by atoms with van der Waals surface area (Å²) in [5.41, 5.74) is 1.74. The van der Waals surface area contributed by atoms with Crippen LogP contribution in [0.25, 0.3) is 0 Å². The normalized spacial score (nSPS) is 22.2. The van der Waals surface area contributed by atoms with Gasteiger partial charge >= 0.3 is 6.03 Å². The van der Waals surface area contributed by atoms with Gasteiger partial charge in [0.2, 0.25) is 0 Å². The maximum atomic E-state index is 12.6.